The molecule has 1 saturated heterocycles. The van der Waals surface area contributed by atoms with Gasteiger partial charge in [-0.05, 0) is 41.8 Å². The number of ether oxygens (including phenoxy) is 1. The number of amides is 1. The first-order valence-corrected chi connectivity index (χ1v) is 7.83. The van der Waals surface area contributed by atoms with Crippen molar-refractivity contribution in [2.75, 3.05) is 13.1 Å². The molecule has 0 saturated carbocycles. The van der Waals surface area contributed by atoms with Gasteiger partial charge >= 0.3 is 6.36 Å². The maximum absolute atomic E-state index is 12.4. The van der Waals surface area contributed by atoms with Gasteiger partial charge in [-0.3, -0.25) is 4.79 Å². The van der Waals surface area contributed by atoms with Gasteiger partial charge in [-0.1, -0.05) is 24.3 Å². The first kappa shape index (κ1) is 20.1. The molecule has 4 nitrogen and oxygen atoms in total. The van der Waals surface area contributed by atoms with Crippen LogP contribution in [0.1, 0.15) is 16.8 Å². The molecule has 140 valence electrons. The van der Waals surface area contributed by atoms with Crippen LogP contribution in [0.3, 0.4) is 0 Å². The SMILES string of the molecule is Cl.NC1CCN(C(=O)c2ccc(-c3cccc(OC(F)(F)F)c3)cc2)C1. The van der Waals surface area contributed by atoms with Gasteiger partial charge in [-0.15, -0.1) is 25.6 Å². The zero-order valence-electron chi connectivity index (χ0n) is 13.7. The highest BCUT2D eigenvalue weighted by Gasteiger charge is 2.31. The standard InChI is InChI=1S/C18H17F3N2O2.ClH/c19-18(20,21)25-16-3-1-2-14(10-16)12-4-6-13(7-5-12)17(24)23-9-8-15(22)11-23;/h1-7,10,15H,8-9,11,22H2;1H. The Bertz CT molecular complexity index is 766. The summed E-state index contributed by atoms with van der Waals surface area (Å²) in [5.41, 5.74) is 7.61. The molecular formula is C18H18ClF3N2O2. The van der Waals surface area contributed by atoms with Gasteiger partial charge in [0.25, 0.3) is 5.91 Å². The van der Waals surface area contributed by atoms with Crippen LogP contribution in [0, 0.1) is 0 Å². The molecule has 1 atom stereocenters. The largest absolute Gasteiger partial charge is 0.573 e. The number of rotatable bonds is 3. The summed E-state index contributed by atoms with van der Waals surface area (Å²) < 4.78 is 40.9. The van der Waals surface area contributed by atoms with Gasteiger partial charge in [0.15, 0.2) is 0 Å². The molecule has 1 heterocycles. The van der Waals surface area contributed by atoms with Crippen LogP contribution in [-0.2, 0) is 0 Å². The van der Waals surface area contributed by atoms with E-state index in [1.807, 2.05) is 0 Å². The zero-order chi connectivity index (χ0) is 18.0. The van der Waals surface area contributed by atoms with E-state index < -0.39 is 6.36 Å². The number of halogens is 4. The highest BCUT2D eigenvalue weighted by molar-refractivity contribution is 5.95. The number of carbonyl (C=O) groups excluding carboxylic acids is 1. The number of hydrogen-bond acceptors (Lipinski definition) is 3. The molecule has 0 aromatic heterocycles. The van der Waals surface area contributed by atoms with Crippen molar-refractivity contribution < 1.29 is 22.7 Å². The third-order valence-corrected chi connectivity index (χ3v) is 4.04. The van der Waals surface area contributed by atoms with Crippen LogP contribution < -0.4 is 10.5 Å². The van der Waals surface area contributed by atoms with Crippen molar-refractivity contribution in [1.82, 2.24) is 4.90 Å². The molecule has 1 unspecified atom stereocenters. The Morgan fingerprint density at radius 2 is 1.81 bits per heavy atom. The summed E-state index contributed by atoms with van der Waals surface area (Å²) in [7, 11) is 0. The molecule has 2 N–H and O–H groups in total. The maximum Gasteiger partial charge on any atom is 0.573 e. The second kappa shape index (κ2) is 7.97. The van der Waals surface area contributed by atoms with Gasteiger partial charge in [0.05, 0.1) is 0 Å². The minimum atomic E-state index is -4.73. The van der Waals surface area contributed by atoms with Crippen molar-refractivity contribution in [2.45, 2.75) is 18.8 Å². The Balaban J connectivity index is 0.00000243. The highest BCUT2D eigenvalue weighted by atomic mass is 35.5. The van der Waals surface area contributed by atoms with E-state index in [1.165, 1.54) is 18.2 Å². The lowest BCUT2D eigenvalue weighted by Gasteiger charge is -2.16. The summed E-state index contributed by atoms with van der Waals surface area (Å²) in [6, 6.07) is 12.5. The lowest BCUT2D eigenvalue weighted by atomic mass is 10.0. The fourth-order valence-corrected chi connectivity index (χ4v) is 2.83. The van der Waals surface area contributed by atoms with E-state index in [2.05, 4.69) is 4.74 Å². The summed E-state index contributed by atoms with van der Waals surface area (Å²) in [5, 5.41) is 0. The average molecular weight is 387 g/mol. The Kier molecular flexibility index (Phi) is 6.15. The van der Waals surface area contributed by atoms with E-state index in [1.54, 1.807) is 35.2 Å². The van der Waals surface area contributed by atoms with Crippen LogP contribution >= 0.6 is 12.4 Å². The number of nitrogens with two attached hydrogens (primary N) is 1. The van der Waals surface area contributed by atoms with Crippen molar-refractivity contribution >= 4 is 18.3 Å². The maximum atomic E-state index is 12.4. The van der Waals surface area contributed by atoms with Crippen LogP contribution in [0.5, 0.6) is 5.75 Å². The molecule has 1 fully saturated rings. The van der Waals surface area contributed by atoms with Crippen molar-refractivity contribution in [1.29, 1.82) is 0 Å². The number of alkyl halides is 3. The predicted octanol–water partition coefficient (Wildman–Crippen LogP) is 3.85. The number of likely N-dealkylation sites (tertiary alicyclic amines) is 1. The molecule has 1 aliphatic heterocycles. The minimum absolute atomic E-state index is 0. The molecule has 0 spiro atoms. The second-order valence-electron chi connectivity index (χ2n) is 5.95. The lowest BCUT2D eigenvalue weighted by molar-refractivity contribution is -0.274. The monoisotopic (exact) mass is 386 g/mol. The van der Waals surface area contributed by atoms with E-state index >= 15 is 0 Å². The quantitative estimate of drug-likeness (QED) is 0.871. The Hall–Kier alpha value is -2.25. The summed E-state index contributed by atoms with van der Waals surface area (Å²) in [4.78, 5) is 14.1. The van der Waals surface area contributed by atoms with Gasteiger partial charge in [-0.25, -0.2) is 0 Å². The summed E-state index contributed by atoms with van der Waals surface area (Å²) >= 11 is 0. The average Bonchev–Trinajstić information content (AvgIpc) is 2.99. The van der Waals surface area contributed by atoms with Crippen LogP contribution in [0.15, 0.2) is 48.5 Å². The first-order valence-electron chi connectivity index (χ1n) is 7.83. The van der Waals surface area contributed by atoms with Gasteiger partial charge in [0.2, 0.25) is 0 Å². The van der Waals surface area contributed by atoms with E-state index in [0.29, 0.717) is 29.8 Å². The van der Waals surface area contributed by atoms with Crippen molar-refractivity contribution in [2.24, 2.45) is 5.73 Å². The van der Waals surface area contributed by atoms with E-state index in [9.17, 15) is 18.0 Å². The van der Waals surface area contributed by atoms with Crippen molar-refractivity contribution in [3.05, 3.63) is 54.1 Å². The van der Waals surface area contributed by atoms with Crippen LogP contribution in [-0.4, -0.2) is 36.3 Å². The van der Waals surface area contributed by atoms with Gasteiger partial charge < -0.3 is 15.4 Å². The van der Waals surface area contributed by atoms with Crippen LogP contribution in [0.25, 0.3) is 11.1 Å². The fourth-order valence-electron chi connectivity index (χ4n) is 2.83. The molecular weight excluding hydrogens is 369 g/mol. The van der Waals surface area contributed by atoms with E-state index in [0.717, 1.165) is 6.42 Å². The summed E-state index contributed by atoms with van der Waals surface area (Å²) in [6.45, 7) is 1.18. The molecule has 1 aliphatic rings. The third kappa shape index (κ3) is 4.89. The minimum Gasteiger partial charge on any atom is -0.406 e. The molecule has 3 rings (SSSR count). The highest BCUT2D eigenvalue weighted by Crippen LogP contribution is 2.28. The summed E-state index contributed by atoms with van der Waals surface area (Å²) in [5.74, 6) is -0.370. The third-order valence-electron chi connectivity index (χ3n) is 4.04. The lowest BCUT2D eigenvalue weighted by Crippen LogP contribution is -2.31. The molecule has 0 radical (unpaired) electrons. The zero-order valence-corrected chi connectivity index (χ0v) is 14.5. The normalized spacial score (nSPS) is 16.9. The van der Waals surface area contributed by atoms with Gasteiger partial charge in [0, 0.05) is 24.7 Å². The number of benzene rings is 2. The van der Waals surface area contributed by atoms with E-state index in [-0.39, 0.29) is 30.1 Å². The Morgan fingerprint density at radius 1 is 1.12 bits per heavy atom. The van der Waals surface area contributed by atoms with E-state index in [4.69, 9.17) is 5.73 Å². The van der Waals surface area contributed by atoms with Gasteiger partial charge in [0.1, 0.15) is 5.75 Å². The smallest absolute Gasteiger partial charge is 0.406 e. The number of nitrogens with zero attached hydrogens (tertiary/aromatic N) is 1. The summed E-state index contributed by atoms with van der Waals surface area (Å²) in [6.07, 6.45) is -3.94. The Labute approximate surface area is 155 Å². The van der Waals surface area contributed by atoms with Crippen LogP contribution in [0.2, 0.25) is 0 Å². The molecule has 0 bridgehead atoms. The van der Waals surface area contributed by atoms with Gasteiger partial charge in [-0.2, -0.15) is 0 Å². The number of carbonyl (C=O) groups is 1. The molecule has 8 heteroatoms. The Morgan fingerprint density at radius 3 is 2.38 bits per heavy atom. The second-order valence-corrected chi connectivity index (χ2v) is 5.95. The topological polar surface area (TPSA) is 55.6 Å². The molecule has 2 aromatic rings. The fraction of sp³-hybridized carbons (Fsp3) is 0.278. The van der Waals surface area contributed by atoms with Crippen molar-refractivity contribution in [3.8, 4) is 16.9 Å². The number of hydrogen-bond donors (Lipinski definition) is 1. The first-order chi connectivity index (χ1) is 11.8. The van der Waals surface area contributed by atoms with Crippen molar-refractivity contribution in [3.63, 3.8) is 0 Å². The molecule has 2 aromatic carbocycles. The molecule has 26 heavy (non-hydrogen) atoms. The molecule has 0 aliphatic carbocycles. The molecule has 1 amide bonds. The van der Waals surface area contributed by atoms with Crippen LogP contribution in [0.4, 0.5) is 13.2 Å². The predicted molar refractivity (Wildman–Crippen MR) is 94.3 cm³/mol.